The van der Waals surface area contributed by atoms with Crippen LogP contribution in [0.2, 0.25) is 0 Å². The number of amidine groups is 1. The third-order valence-corrected chi connectivity index (χ3v) is 5.33. The molecule has 0 spiro atoms. The van der Waals surface area contributed by atoms with E-state index in [1.165, 1.54) is 7.11 Å². The molecular formula is C25H19BrN2O3. The summed E-state index contributed by atoms with van der Waals surface area (Å²) < 4.78 is 5.60. The molecule has 4 rings (SSSR count). The predicted molar refractivity (Wildman–Crippen MR) is 125 cm³/mol. The van der Waals surface area contributed by atoms with Crippen LogP contribution in [0.5, 0.6) is 0 Å². The normalized spacial score (nSPS) is 14.7. The van der Waals surface area contributed by atoms with Gasteiger partial charge in [0.05, 0.1) is 18.4 Å². The molecule has 1 aliphatic rings. The van der Waals surface area contributed by atoms with E-state index in [4.69, 9.17) is 4.74 Å². The molecular weight excluding hydrogens is 456 g/mol. The van der Waals surface area contributed by atoms with Crippen molar-refractivity contribution in [3.8, 4) is 0 Å². The number of esters is 1. The molecule has 154 valence electrons. The van der Waals surface area contributed by atoms with Crippen molar-refractivity contribution in [1.82, 2.24) is 0 Å². The van der Waals surface area contributed by atoms with Crippen LogP contribution in [0.15, 0.2) is 88.0 Å². The Morgan fingerprint density at radius 3 is 2.45 bits per heavy atom. The van der Waals surface area contributed by atoms with Gasteiger partial charge in [0, 0.05) is 10.0 Å². The van der Waals surface area contributed by atoms with Crippen molar-refractivity contribution in [3.63, 3.8) is 0 Å². The van der Waals surface area contributed by atoms with Crippen molar-refractivity contribution in [1.29, 1.82) is 0 Å². The number of carbonyl (C=O) groups is 2. The number of ether oxygens (including phenoxy) is 1. The molecule has 5 nitrogen and oxygen atoms in total. The van der Waals surface area contributed by atoms with Gasteiger partial charge in [0.1, 0.15) is 11.5 Å². The van der Waals surface area contributed by atoms with Crippen LogP contribution >= 0.6 is 15.9 Å². The summed E-state index contributed by atoms with van der Waals surface area (Å²) in [6.45, 7) is 2.00. The van der Waals surface area contributed by atoms with Crippen LogP contribution in [-0.2, 0) is 9.53 Å². The molecule has 1 amide bonds. The lowest BCUT2D eigenvalue weighted by atomic mass is 10.1. The fourth-order valence-corrected chi connectivity index (χ4v) is 3.73. The number of aryl methyl sites for hydroxylation is 1. The fraction of sp³-hybridized carbons (Fsp3) is 0.0800. The number of anilines is 1. The van der Waals surface area contributed by atoms with Crippen LogP contribution in [0.4, 0.5) is 5.69 Å². The molecule has 6 heteroatoms. The number of carbonyl (C=O) groups excluding carboxylic acids is 2. The molecule has 1 heterocycles. The third kappa shape index (κ3) is 4.34. The number of aliphatic imine (C=N–C) groups is 1. The molecule has 0 fully saturated rings. The van der Waals surface area contributed by atoms with Gasteiger partial charge in [-0.25, -0.2) is 9.79 Å². The summed E-state index contributed by atoms with van der Waals surface area (Å²) in [6.07, 6.45) is 1.72. The number of rotatable bonds is 4. The van der Waals surface area contributed by atoms with Crippen LogP contribution in [0.1, 0.15) is 27.0 Å². The molecule has 0 saturated heterocycles. The third-order valence-electron chi connectivity index (χ3n) is 4.84. The fourth-order valence-electron chi connectivity index (χ4n) is 3.34. The smallest absolute Gasteiger partial charge is 0.337 e. The van der Waals surface area contributed by atoms with Gasteiger partial charge in [-0.15, -0.1) is 0 Å². The van der Waals surface area contributed by atoms with Crippen molar-refractivity contribution < 1.29 is 14.3 Å². The Labute approximate surface area is 188 Å². The maximum atomic E-state index is 13.4. The standard InChI is InChI=1S/C25H19BrN2O3/c1-16-5-3-6-19(13-16)23-27-22(14-17-9-11-18(12-10-17)25(30)31-2)24(29)28(23)21-8-4-7-20(26)15-21/h3-15H,1-2H3/b22-14+. The molecule has 0 saturated carbocycles. The number of methoxy groups -OCH3 is 1. The Kier molecular flexibility index (Phi) is 5.82. The minimum atomic E-state index is -0.406. The zero-order chi connectivity index (χ0) is 22.0. The Morgan fingerprint density at radius 1 is 1.03 bits per heavy atom. The van der Waals surface area contributed by atoms with Crippen molar-refractivity contribution in [2.75, 3.05) is 12.0 Å². The second-order valence-electron chi connectivity index (χ2n) is 7.07. The molecule has 0 radical (unpaired) electrons. The monoisotopic (exact) mass is 474 g/mol. The number of nitrogens with zero attached hydrogens (tertiary/aromatic N) is 2. The second-order valence-corrected chi connectivity index (χ2v) is 7.98. The van der Waals surface area contributed by atoms with E-state index in [0.717, 1.165) is 26.9 Å². The van der Waals surface area contributed by atoms with E-state index < -0.39 is 5.97 Å². The summed E-state index contributed by atoms with van der Waals surface area (Å²) >= 11 is 3.48. The van der Waals surface area contributed by atoms with E-state index in [-0.39, 0.29) is 5.91 Å². The van der Waals surface area contributed by atoms with Gasteiger partial charge in [0.15, 0.2) is 0 Å². The summed E-state index contributed by atoms with van der Waals surface area (Å²) in [5, 5.41) is 0. The first-order valence-electron chi connectivity index (χ1n) is 9.62. The molecule has 0 aromatic heterocycles. The van der Waals surface area contributed by atoms with Gasteiger partial charge in [0.25, 0.3) is 5.91 Å². The highest BCUT2D eigenvalue weighted by Crippen LogP contribution is 2.29. The van der Waals surface area contributed by atoms with E-state index in [0.29, 0.717) is 17.1 Å². The lowest BCUT2D eigenvalue weighted by Gasteiger charge is -2.19. The summed E-state index contributed by atoms with van der Waals surface area (Å²) in [5.74, 6) is -0.0485. The first-order chi connectivity index (χ1) is 15.0. The lowest BCUT2D eigenvalue weighted by Crippen LogP contribution is -2.32. The van der Waals surface area contributed by atoms with Gasteiger partial charge in [-0.2, -0.15) is 0 Å². The molecule has 0 unspecified atom stereocenters. The lowest BCUT2D eigenvalue weighted by molar-refractivity contribution is -0.113. The second kappa shape index (κ2) is 8.70. The summed E-state index contributed by atoms with van der Waals surface area (Å²) in [4.78, 5) is 31.3. The van der Waals surface area contributed by atoms with Crippen LogP contribution in [0.3, 0.4) is 0 Å². The Balaban J connectivity index is 1.77. The molecule has 0 bridgehead atoms. The number of amides is 1. The minimum absolute atomic E-state index is 0.216. The van der Waals surface area contributed by atoms with Crippen LogP contribution in [0, 0.1) is 6.92 Å². The zero-order valence-corrected chi connectivity index (χ0v) is 18.6. The zero-order valence-electron chi connectivity index (χ0n) is 17.0. The van der Waals surface area contributed by atoms with Crippen LogP contribution < -0.4 is 4.90 Å². The Bertz CT molecular complexity index is 1230. The predicted octanol–water partition coefficient (Wildman–Crippen LogP) is 5.38. The van der Waals surface area contributed by atoms with Gasteiger partial charge in [-0.3, -0.25) is 9.69 Å². The highest BCUT2D eigenvalue weighted by atomic mass is 79.9. The van der Waals surface area contributed by atoms with E-state index in [1.807, 2.05) is 55.5 Å². The van der Waals surface area contributed by atoms with E-state index in [1.54, 1.807) is 35.2 Å². The highest BCUT2D eigenvalue weighted by Gasteiger charge is 2.32. The van der Waals surface area contributed by atoms with Crippen molar-refractivity contribution in [2.24, 2.45) is 4.99 Å². The quantitative estimate of drug-likeness (QED) is 0.376. The minimum Gasteiger partial charge on any atom is -0.465 e. The van der Waals surface area contributed by atoms with Crippen molar-refractivity contribution in [3.05, 3.63) is 105 Å². The van der Waals surface area contributed by atoms with E-state index in [9.17, 15) is 9.59 Å². The highest BCUT2D eigenvalue weighted by molar-refractivity contribution is 9.10. The van der Waals surface area contributed by atoms with E-state index in [2.05, 4.69) is 20.9 Å². The van der Waals surface area contributed by atoms with Gasteiger partial charge in [0.2, 0.25) is 0 Å². The first kappa shape index (κ1) is 20.8. The SMILES string of the molecule is COC(=O)c1ccc(/C=C2/N=C(c3cccc(C)c3)N(c3cccc(Br)c3)C2=O)cc1. The molecule has 31 heavy (non-hydrogen) atoms. The topological polar surface area (TPSA) is 59.0 Å². The van der Waals surface area contributed by atoms with Crippen LogP contribution in [-0.4, -0.2) is 24.8 Å². The number of halogens is 1. The molecule has 3 aromatic rings. The number of hydrogen-bond donors (Lipinski definition) is 0. The summed E-state index contributed by atoms with van der Waals surface area (Å²) in [7, 11) is 1.34. The molecule has 0 atom stereocenters. The maximum Gasteiger partial charge on any atom is 0.337 e. The maximum absolute atomic E-state index is 13.4. The van der Waals surface area contributed by atoms with Gasteiger partial charge < -0.3 is 4.74 Å². The first-order valence-corrected chi connectivity index (χ1v) is 10.4. The van der Waals surface area contributed by atoms with Gasteiger partial charge in [-0.05, 0) is 55.0 Å². The number of hydrogen-bond acceptors (Lipinski definition) is 4. The Morgan fingerprint density at radius 2 is 1.77 bits per heavy atom. The van der Waals surface area contributed by atoms with Crippen LogP contribution in [0.25, 0.3) is 6.08 Å². The van der Waals surface area contributed by atoms with E-state index >= 15 is 0 Å². The summed E-state index contributed by atoms with van der Waals surface area (Å²) in [5.41, 5.74) is 4.20. The molecule has 0 aliphatic carbocycles. The number of benzene rings is 3. The van der Waals surface area contributed by atoms with Crippen molar-refractivity contribution in [2.45, 2.75) is 6.92 Å². The Hall–Kier alpha value is -3.51. The van der Waals surface area contributed by atoms with Gasteiger partial charge in [-0.1, -0.05) is 57.9 Å². The average Bonchev–Trinajstić information content (AvgIpc) is 3.10. The molecule has 1 aliphatic heterocycles. The largest absolute Gasteiger partial charge is 0.465 e. The van der Waals surface area contributed by atoms with Gasteiger partial charge >= 0.3 is 5.97 Å². The summed E-state index contributed by atoms with van der Waals surface area (Å²) in [6, 6.07) is 22.3. The molecule has 0 N–H and O–H groups in total. The van der Waals surface area contributed by atoms with Crippen molar-refractivity contribution >= 4 is 45.4 Å². The molecule has 3 aromatic carbocycles. The average molecular weight is 475 g/mol.